The van der Waals surface area contributed by atoms with Crippen LogP contribution in [0.5, 0.6) is 0 Å². The second-order valence-corrected chi connectivity index (χ2v) is 8.95. The molecule has 0 radical (unpaired) electrons. The average molecular weight is 556 g/mol. The number of amides is 2. The largest absolute Gasteiger partial charge is 0.357 e. The minimum atomic E-state index is -0.103. The Morgan fingerprint density at radius 3 is 2.53 bits per heavy atom. The molecule has 0 atom stereocenters. The molecule has 2 aliphatic rings. The number of benzene rings is 1. The van der Waals surface area contributed by atoms with Crippen LogP contribution in [0.4, 0.5) is 0 Å². The maximum absolute atomic E-state index is 12.6. The third-order valence-electron chi connectivity index (χ3n) is 6.30. The molecular formula is C24H38IN5O2. The highest BCUT2D eigenvalue weighted by atomic mass is 127. The highest BCUT2D eigenvalue weighted by Crippen LogP contribution is 2.28. The lowest BCUT2D eigenvalue weighted by atomic mass is 9.83. The Hall–Kier alpha value is -1.84. The van der Waals surface area contributed by atoms with Gasteiger partial charge < -0.3 is 20.4 Å². The normalized spacial score (nSPS) is 21.4. The summed E-state index contributed by atoms with van der Waals surface area (Å²) in [5, 5.41) is 6.15. The van der Waals surface area contributed by atoms with Crippen molar-refractivity contribution in [2.75, 3.05) is 39.8 Å². The zero-order chi connectivity index (χ0) is 22.2. The van der Waals surface area contributed by atoms with Gasteiger partial charge in [0.05, 0.1) is 13.1 Å². The van der Waals surface area contributed by atoms with Gasteiger partial charge in [-0.05, 0) is 49.3 Å². The predicted octanol–water partition coefficient (Wildman–Crippen LogP) is 3.10. The van der Waals surface area contributed by atoms with Crippen molar-refractivity contribution in [3.8, 4) is 0 Å². The van der Waals surface area contributed by atoms with E-state index in [0.29, 0.717) is 25.2 Å². The smallest absolute Gasteiger partial charge is 0.254 e. The molecule has 1 aliphatic heterocycles. The Balaban J connectivity index is 0.00000363. The summed E-state index contributed by atoms with van der Waals surface area (Å²) < 4.78 is 0. The van der Waals surface area contributed by atoms with Crippen molar-refractivity contribution >= 4 is 41.8 Å². The van der Waals surface area contributed by atoms with Gasteiger partial charge in [0.2, 0.25) is 5.91 Å². The third kappa shape index (κ3) is 7.64. The van der Waals surface area contributed by atoms with E-state index >= 15 is 0 Å². The van der Waals surface area contributed by atoms with Crippen molar-refractivity contribution in [3.63, 3.8) is 0 Å². The number of rotatable bonds is 6. The number of hydrogen-bond donors (Lipinski definition) is 2. The van der Waals surface area contributed by atoms with Crippen LogP contribution in [-0.2, 0) is 11.3 Å². The molecular weight excluding hydrogens is 517 g/mol. The van der Waals surface area contributed by atoms with Crippen molar-refractivity contribution in [2.45, 2.75) is 46.1 Å². The van der Waals surface area contributed by atoms with Gasteiger partial charge in [0, 0.05) is 38.8 Å². The SMILES string of the molecule is CCNC(=NCc1ccc(C(=O)N2CCNC(=O)C2)cc1)N(C)CC1CCC(C)CC1.I. The summed E-state index contributed by atoms with van der Waals surface area (Å²) in [7, 11) is 2.12. The highest BCUT2D eigenvalue weighted by Gasteiger charge is 2.22. The number of aliphatic imine (C=N–C) groups is 1. The van der Waals surface area contributed by atoms with Crippen LogP contribution in [0, 0.1) is 11.8 Å². The quantitative estimate of drug-likeness (QED) is 0.322. The van der Waals surface area contributed by atoms with Crippen molar-refractivity contribution in [1.29, 1.82) is 0 Å². The van der Waals surface area contributed by atoms with E-state index in [1.165, 1.54) is 25.7 Å². The molecule has 1 heterocycles. The fourth-order valence-electron chi connectivity index (χ4n) is 4.37. The van der Waals surface area contributed by atoms with Crippen molar-refractivity contribution in [3.05, 3.63) is 35.4 Å². The molecule has 2 amide bonds. The number of carbonyl (C=O) groups is 2. The van der Waals surface area contributed by atoms with E-state index in [2.05, 4.69) is 36.4 Å². The van der Waals surface area contributed by atoms with Gasteiger partial charge in [-0.1, -0.05) is 31.9 Å². The summed E-state index contributed by atoms with van der Waals surface area (Å²) in [5.41, 5.74) is 1.67. The van der Waals surface area contributed by atoms with E-state index in [4.69, 9.17) is 4.99 Å². The lowest BCUT2D eigenvalue weighted by Crippen LogP contribution is -2.49. The Kier molecular flexibility index (Phi) is 10.7. The molecule has 3 rings (SSSR count). The molecule has 1 aromatic carbocycles. The third-order valence-corrected chi connectivity index (χ3v) is 6.30. The first kappa shape index (κ1) is 26.4. The van der Waals surface area contributed by atoms with Crippen LogP contribution < -0.4 is 10.6 Å². The van der Waals surface area contributed by atoms with Crippen molar-refractivity contribution in [2.24, 2.45) is 16.8 Å². The Labute approximate surface area is 209 Å². The van der Waals surface area contributed by atoms with Gasteiger partial charge in [0.1, 0.15) is 0 Å². The van der Waals surface area contributed by atoms with Gasteiger partial charge in [-0.15, -0.1) is 24.0 Å². The van der Waals surface area contributed by atoms with Crippen molar-refractivity contribution in [1.82, 2.24) is 20.4 Å². The topological polar surface area (TPSA) is 77.0 Å². The number of carbonyl (C=O) groups excluding carboxylic acids is 2. The van der Waals surface area contributed by atoms with Crippen LogP contribution in [0.2, 0.25) is 0 Å². The molecule has 178 valence electrons. The van der Waals surface area contributed by atoms with Crippen LogP contribution in [0.1, 0.15) is 55.5 Å². The zero-order valence-corrected chi connectivity index (χ0v) is 21.9. The average Bonchev–Trinajstić information content (AvgIpc) is 2.78. The van der Waals surface area contributed by atoms with Gasteiger partial charge in [-0.3, -0.25) is 9.59 Å². The number of guanidine groups is 1. The lowest BCUT2D eigenvalue weighted by Gasteiger charge is -2.31. The van der Waals surface area contributed by atoms with E-state index in [0.717, 1.165) is 36.4 Å². The summed E-state index contributed by atoms with van der Waals surface area (Å²) in [5.74, 6) is 2.34. The minimum absolute atomic E-state index is 0. The van der Waals surface area contributed by atoms with Gasteiger partial charge in [0.15, 0.2) is 5.96 Å². The highest BCUT2D eigenvalue weighted by molar-refractivity contribution is 14.0. The first-order valence-electron chi connectivity index (χ1n) is 11.6. The molecule has 8 heteroatoms. The Bertz CT molecular complexity index is 775. The molecule has 0 spiro atoms. The summed E-state index contributed by atoms with van der Waals surface area (Å²) >= 11 is 0. The summed E-state index contributed by atoms with van der Waals surface area (Å²) in [6.07, 6.45) is 5.27. The van der Waals surface area contributed by atoms with Gasteiger partial charge in [-0.2, -0.15) is 0 Å². The number of piperazine rings is 1. The molecule has 1 aromatic rings. The van der Waals surface area contributed by atoms with E-state index in [1.807, 2.05) is 24.3 Å². The first-order chi connectivity index (χ1) is 15.0. The molecule has 0 bridgehead atoms. The lowest BCUT2D eigenvalue weighted by molar-refractivity contribution is -0.123. The van der Waals surface area contributed by atoms with E-state index in [-0.39, 0.29) is 42.3 Å². The van der Waals surface area contributed by atoms with E-state index < -0.39 is 0 Å². The summed E-state index contributed by atoms with van der Waals surface area (Å²) in [6.45, 7) is 8.07. The van der Waals surface area contributed by atoms with Crippen LogP contribution in [0.25, 0.3) is 0 Å². The second kappa shape index (κ2) is 13.0. The molecule has 1 saturated carbocycles. The van der Waals surface area contributed by atoms with Gasteiger partial charge in [-0.25, -0.2) is 4.99 Å². The van der Waals surface area contributed by atoms with E-state index in [9.17, 15) is 9.59 Å². The first-order valence-corrected chi connectivity index (χ1v) is 11.6. The van der Waals surface area contributed by atoms with Gasteiger partial charge >= 0.3 is 0 Å². The Morgan fingerprint density at radius 2 is 1.91 bits per heavy atom. The molecule has 1 saturated heterocycles. The fraction of sp³-hybridized carbons (Fsp3) is 0.625. The maximum Gasteiger partial charge on any atom is 0.254 e. The number of nitrogens with zero attached hydrogens (tertiary/aromatic N) is 3. The minimum Gasteiger partial charge on any atom is -0.357 e. The van der Waals surface area contributed by atoms with Gasteiger partial charge in [0.25, 0.3) is 5.91 Å². The van der Waals surface area contributed by atoms with Crippen molar-refractivity contribution < 1.29 is 9.59 Å². The van der Waals surface area contributed by atoms with Crippen LogP contribution >= 0.6 is 24.0 Å². The molecule has 32 heavy (non-hydrogen) atoms. The van der Waals surface area contributed by atoms with Crippen LogP contribution in [-0.4, -0.2) is 67.3 Å². The fourth-order valence-corrected chi connectivity index (χ4v) is 4.37. The second-order valence-electron chi connectivity index (χ2n) is 8.95. The molecule has 7 nitrogen and oxygen atoms in total. The Morgan fingerprint density at radius 1 is 1.22 bits per heavy atom. The predicted molar refractivity (Wildman–Crippen MR) is 139 cm³/mol. The summed E-state index contributed by atoms with van der Waals surface area (Å²) in [4.78, 5) is 32.8. The number of halogens is 1. The molecule has 1 aliphatic carbocycles. The molecule has 0 aromatic heterocycles. The molecule has 2 N–H and O–H groups in total. The van der Waals surface area contributed by atoms with Crippen LogP contribution in [0.15, 0.2) is 29.3 Å². The monoisotopic (exact) mass is 555 g/mol. The zero-order valence-electron chi connectivity index (χ0n) is 19.6. The number of hydrogen-bond acceptors (Lipinski definition) is 3. The van der Waals surface area contributed by atoms with E-state index in [1.54, 1.807) is 4.90 Å². The molecule has 0 unspecified atom stereocenters. The standard InChI is InChI=1S/C24H37N5O2.HI/c1-4-25-24(28(3)16-20-7-5-18(2)6-8-20)27-15-19-9-11-21(12-10-19)23(31)29-14-13-26-22(30)17-29;/h9-12,18,20H,4-8,13-17H2,1-3H3,(H,25,27)(H,26,30);1H. The summed E-state index contributed by atoms with van der Waals surface area (Å²) in [6, 6.07) is 7.57. The maximum atomic E-state index is 12.6. The number of nitrogens with one attached hydrogen (secondary N) is 2. The van der Waals surface area contributed by atoms with Crippen LogP contribution in [0.3, 0.4) is 0 Å². The molecule has 2 fully saturated rings.